The first-order chi connectivity index (χ1) is 7.70. The number of rotatable bonds is 5. The Labute approximate surface area is 105 Å². The van der Waals surface area contributed by atoms with E-state index in [0.29, 0.717) is 18.3 Å². The normalized spacial score (nSPS) is 21.4. The number of hydrogen-bond acceptors (Lipinski definition) is 3. The van der Waals surface area contributed by atoms with Gasteiger partial charge in [0.05, 0.1) is 5.75 Å². The molecular weight excluding hydrogens is 236 g/mol. The maximum Gasteiger partial charge on any atom is 0.147 e. The third-order valence-electron chi connectivity index (χ3n) is 3.73. The molecule has 1 saturated carbocycles. The topological polar surface area (TPSA) is 51.2 Å². The first-order valence-corrected chi connectivity index (χ1v) is 8.46. The lowest BCUT2D eigenvalue weighted by Crippen LogP contribution is -2.26. The molecule has 0 aromatic heterocycles. The minimum Gasteiger partial charge on any atom is -0.299 e. The number of carbonyl (C=O) groups is 1. The number of carbonyl (C=O) groups excluding carboxylic acids is 1. The van der Waals surface area contributed by atoms with E-state index >= 15 is 0 Å². The summed E-state index contributed by atoms with van der Waals surface area (Å²) in [7, 11) is -2.92. The molecule has 17 heavy (non-hydrogen) atoms. The Bertz CT molecular complexity index is 358. The van der Waals surface area contributed by atoms with Crippen molar-refractivity contribution >= 4 is 15.6 Å². The van der Waals surface area contributed by atoms with Gasteiger partial charge in [0, 0.05) is 18.6 Å². The fourth-order valence-corrected chi connectivity index (χ4v) is 3.10. The van der Waals surface area contributed by atoms with Gasteiger partial charge in [-0.3, -0.25) is 4.79 Å². The number of Topliss-reactive ketones (excluding diaryl/α,β-unsaturated/α-hetero) is 1. The first kappa shape index (κ1) is 14.7. The highest BCUT2D eigenvalue weighted by atomic mass is 32.2. The molecule has 0 atom stereocenters. The average molecular weight is 260 g/mol. The summed E-state index contributed by atoms with van der Waals surface area (Å²) >= 11 is 0. The van der Waals surface area contributed by atoms with Crippen LogP contribution < -0.4 is 0 Å². The van der Waals surface area contributed by atoms with Gasteiger partial charge in [0.25, 0.3) is 0 Å². The largest absolute Gasteiger partial charge is 0.299 e. The van der Waals surface area contributed by atoms with Crippen LogP contribution >= 0.6 is 0 Å². The zero-order valence-corrected chi connectivity index (χ0v) is 12.0. The summed E-state index contributed by atoms with van der Waals surface area (Å²) in [5.74, 6) is 0.587. The number of sulfone groups is 1. The van der Waals surface area contributed by atoms with E-state index in [0.717, 1.165) is 25.7 Å². The highest BCUT2D eigenvalue weighted by Gasteiger charge is 2.30. The van der Waals surface area contributed by atoms with Gasteiger partial charge < -0.3 is 0 Å². The molecule has 0 radical (unpaired) electrons. The maximum absolute atomic E-state index is 11.9. The molecule has 100 valence electrons. The van der Waals surface area contributed by atoms with E-state index in [9.17, 15) is 13.2 Å². The molecule has 1 aliphatic carbocycles. The molecule has 0 aliphatic heterocycles. The maximum atomic E-state index is 11.9. The van der Waals surface area contributed by atoms with Crippen LogP contribution in [0, 0.1) is 11.3 Å². The molecule has 0 aromatic rings. The molecule has 0 saturated heterocycles. The summed E-state index contributed by atoms with van der Waals surface area (Å²) in [5, 5.41) is 0. The smallest absolute Gasteiger partial charge is 0.147 e. The van der Waals surface area contributed by atoms with Gasteiger partial charge in [-0.2, -0.15) is 0 Å². The molecule has 0 heterocycles. The molecule has 0 N–H and O–H groups in total. The minimum atomic E-state index is -2.92. The number of ketones is 1. The summed E-state index contributed by atoms with van der Waals surface area (Å²) in [6.45, 7) is 4.49. The van der Waals surface area contributed by atoms with Crippen molar-refractivity contribution in [3.63, 3.8) is 0 Å². The Morgan fingerprint density at radius 2 is 1.76 bits per heavy atom. The van der Waals surface area contributed by atoms with E-state index in [2.05, 4.69) is 13.8 Å². The zero-order valence-electron chi connectivity index (χ0n) is 11.2. The van der Waals surface area contributed by atoms with Crippen LogP contribution in [0.15, 0.2) is 0 Å². The van der Waals surface area contributed by atoms with E-state index in [1.165, 1.54) is 6.26 Å². The lowest BCUT2D eigenvalue weighted by atomic mass is 9.71. The molecule has 1 rings (SSSR count). The summed E-state index contributed by atoms with van der Waals surface area (Å²) in [4.78, 5) is 11.9. The van der Waals surface area contributed by atoms with Gasteiger partial charge in [-0.1, -0.05) is 13.8 Å². The van der Waals surface area contributed by atoms with Gasteiger partial charge in [-0.15, -0.1) is 0 Å². The molecule has 0 unspecified atom stereocenters. The second kappa shape index (κ2) is 5.51. The van der Waals surface area contributed by atoms with Crippen molar-refractivity contribution in [2.24, 2.45) is 11.3 Å². The predicted molar refractivity (Wildman–Crippen MR) is 69.7 cm³/mol. The Kier molecular flexibility index (Phi) is 4.76. The standard InChI is InChI=1S/C13H24O3S/c1-13(2)8-6-11(7-9-13)12(14)5-4-10-17(3,15)16/h11H,4-10H2,1-3H3. The van der Waals surface area contributed by atoms with E-state index in [-0.39, 0.29) is 17.5 Å². The van der Waals surface area contributed by atoms with E-state index in [1.807, 2.05) is 0 Å². The summed E-state index contributed by atoms with van der Waals surface area (Å²) in [6.07, 6.45) is 6.30. The van der Waals surface area contributed by atoms with Gasteiger partial charge in [-0.05, 0) is 37.5 Å². The first-order valence-electron chi connectivity index (χ1n) is 6.40. The Hall–Kier alpha value is -0.380. The van der Waals surface area contributed by atoms with Crippen LogP contribution in [0.1, 0.15) is 52.4 Å². The van der Waals surface area contributed by atoms with Crippen molar-refractivity contribution in [2.75, 3.05) is 12.0 Å². The second-order valence-corrected chi connectivity index (χ2v) is 8.40. The van der Waals surface area contributed by atoms with Crippen LogP contribution in [-0.2, 0) is 14.6 Å². The second-order valence-electron chi connectivity index (χ2n) is 6.14. The van der Waals surface area contributed by atoms with Crippen molar-refractivity contribution in [2.45, 2.75) is 52.4 Å². The molecule has 0 bridgehead atoms. The van der Waals surface area contributed by atoms with Crippen molar-refractivity contribution in [1.29, 1.82) is 0 Å². The van der Waals surface area contributed by atoms with Gasteiger partial charge in [0.15, 0.2) is 0 Å². The van der Waals surface area contributed by atoms with E-state index < -0.39 is 9.84 Å². The van der Waals surface area contributed by atoms with E-state index in [4.69, 9.17) is 0 Å². The van der Waals surface area contributed by atoms with Crippen LogP contribution in [0.2, 0.25) is 0 Å². The van der Waals surface area contributed by atoms with Crippen LogP contribution in [0.5, 0.6) is 0 Å². The monoisotopic (exact) mass is 260 g/mol. The minimum absolute atomic E-state index is 0.136. The zero-order chi connectivity index (χ0) is 13.1. The molecule has 0 amide bonds. The van der Waals surface area contributed by atoms with Crippen LogP contribution in [0.4, 0.5) is 0 Å². The van der Waals surface area contributed by atoms with Gasteiger partial charge in [-0.25, -0.2) is 8.42 Å². The fourth-order valence-electron chi connectivity index (χ4n) is 2.43. The van der Waals surface area contributed by atoms with Crippen molar-refractivity contribution in [3.05, 3.63) is 0 Å². The van der Waals surface area contributed by atoms with Gasteiger partial charge in [0.2, 0.25) is 0 Å². The fraction of sp³-hybridized carbons (Fsp3) is 0.923. The molecule has 0 aromatic carbocycles. The SMILES string of the molecule is CC1(C)CCC(C(=O)CCCS(C)(=O)=O)CC1. The lowest BCUT2D eigenvalue weighted by molar-refractivity contribution is -0.124. The molecule has 4 heteroatoms. The molecule has 1 aliphatic rings. The lowest BCUT2D eigenvalue weighted by Gasteiger charge is -2.33. The van der Waals surface area contributed by atoms with Gasteiger partial charge >= 0.3 is 0 Å². The highest BCUT2D eigenvalue weighted by Crippen LogP contribution is 2.38. The van der Waals surface area contributed by atoms with Crippen LogP contribution in [0.3, 0.4) is 0 Å². The number of hydrogen-bond donors (Lipinski definition) is 0. The quantitative estimate of drug-likeness (QED) is 0.763. The molecular formula is C13H24O3S. The Balaban J connectivity index is 2.30. The molecule has 3 nitrogen and oxygen atoms in total. The third kappa shape index (κ3) is 5.66. The molecule has 1 fully saturated rings. The van der Waals surface area contributed by atoms with Crippen molar-refractivity contribution < 1.29 is 13.2 Å². The Morgan fingerprint density at radius 3 is 2.24 bits per heavy atom. The van der Waals surface area contributed by atoms with Crippen molar-refractivity contribution in [3.8, 4) is 0 Å². The molecule has 0 spiro atoms. The van der Waals surface area contributed by atoms with Gasteiger partial charge in [0.1, 0.15) is 15.6 Å². The summed E-state index contributed by atoms with van der Waals surface area (Å²) < 4.78 is 21.9. The van der Waals surface area contributed by atoms with Crippen molar-refractivity contribution in [1.82, 2.24) is 0 Å². The van der Waals surface area contributed by atoms with E-state index in [1.54, 1.807) is 0 Å². The summed E-state index contributed by atoms with van der Waals surface area (Å²) in [5.41, 5.74) is 0.379. The highest BCUT2D eigenvalue weighted by molar-refractivity contribution is 7.90. The average Bonchev–Trinajstić information content (AvgIpc) is 2.15. The predicted octanol–water partition coefficient (Wildman–Crippen LogP) is 2.60. The Morgan fingerprint density at radius 1 is 1.24 bits per heavy atom. The summed E-state index contributed by atoms with van der Waals surface area (Å²) in [6, 6.07) is 0. The van der Waals surface area contributed by atoms with Crippen LogP contribution in [0.25, 0.3) is 0 Å². The van der Waals surface area contributed by atoms with Crippen LogP contribution in [-0.4, -0.2) is 26.2 Å². The third-order valence-corrected chi connectivity index (χ3v) is 4.76.